The van der Waals surface area contributed by atoms with Crippen molar-refractivity contribution in [3.63, 3.8) is 0 Å². The summed E-state index contributed by atoms with van der Waals surface area (Å²) >= 11 is 0. The fraction of sp³-hybridized carbons (Fsp3) is 0.458. The van der Waals surface area contributed by atoms with Crippen molar-refractivity contribution in [3.05, 3.63) is 64.7 Å². The molecule has 2 unspecified atom stereocenters. The SMILES string of the molecule is CC(=O)NC(C)c1ccc(CN2CCc3c(cccc3OCC3CC3(F)F)C2)cc1. The van der Waals surface area contributed by atoms with Gasteiger partial charge in [-0.2, -0.15) is 0 Å². The van der Waals surface area contributed by atoms with E-state index in [0.29, 0.717) is 0 Å². The number of fused-ring (bicyclic) bond motifs is 1. The van der Waals surface area contributed by atoms with Gasteiger partial charge in [-0.05, 0) is 41.7 Å². The summed E-state index contributed by atoms with van der Waals surface area (Å²) in [6.45, 7) is 6.15. The molecule has 2 aliphatic rings. The van der Waals surface area contributed by atoms with E-state index in [1.165, 1.54) is 18.1 Å². The van der Waals surface area contributed by atoms with Crippen molar-refractivity contribution < 1.29 is 18.3 Å². The van der Waals surface area contributed by atoms with Gasteiger partial charge in [0.15, 0.2) is 0 Å². The van der Waals surface area contributed by atoms with Crippen LogP contribution in [-0.2, 0) is 24.3 Å². The zero-order valence-corrected chi connectivity index (χ0v) is 17.5. The van der Waals surface area contributed by atoms with Crippen LogP contribution in [0.3, 0.4) is 0 Å². The molecule has 2 aromatic carbocycles. The summed E-state index contributed by atoms with van der Waals surface area (Å²) in [4.78, 5) is 13.6. The molecule has 0 spiro atoms. The molecule has 4 rings (SSSR count). The van der Waals surface area contributed by atoms with Crippen LogP contribution in [0, 0.1) is 5.92 Å². The smallest absolute Gasteiger partial charge is 0.255 e. The Morgan fingerprint density at radius 1 is 1.27 bits per heavy atom. The molecular weight excluding hydrogens is 386 g/mol. The van der Waals surface area contributed by atoms with Crippen molar-refractivity contribution in [3.8, 4) is 5.75 Å². The van der Waals surface area contributed by atoms with E-state index < -0.39 is 11.8 Å². The fourth-order valence-electron chi connectivity index (χ4n) is 4.10. The van der Waals surface area contributed by atoms with E-state index in [1.807, 2.05) is 19.1 Å². The van der Waals surface area contributed by atoms with Crippen molar-refractivity contribution in [2.24, 2.45) is 5.92 Å². The molecule has 30 heavy (non-hydrogen) atoms. The molecule has 0 saturated heterocycles. The number of alkyl halides is 2. The van der Waals surface area contributed by atoms with Gasteiger partial charge in [0.1, 0.15) is 5.75 Å². The first-order valence-corrected chi connectivity index (χ1v) is 10.5. The number of carbonyl (C=O) groups excluding carboxylic acids is 1. The lowest BCUT2D eigenvalue weighted by molar-refractivity contribution is -0.119. The molecule has 0 aromatic heterocycles. The summed E-state index contributed by atoms with van der Waals surface area (Å²) in [5.74, 6) is -2.45. The van der Waals surface area contributed by atoms with E-state index in [-0.39, 0.29) is 25.0 Å². The summed E-state index contributed by atoms with van der Waals surface area (Å²) in [6, 6.07) is 14.3. The molecule has 1 N–H and O–H groups in total. The van der Waals surface area contributed by atoms with E-state index >= 15 is 0 Å². The Labute approximate surface area is 176 Å². The van der Waals surface area contributed by atoms with Crippen molar-refractivity contribution in [2.75, 3.05) is 13.2 Å². The molecule has 0 radical (unpaired) electrons. The first kappa shape index (κ1) is 20.8. The van der Waals surface area contributed by atoms with Gasteiger partial charge in [-0.15, -0.1) is 0 Å². The van der Waals surface area contributed by atoms with E-state index in [9.17, 15) is 13.6 Å². The third kappa shape index (κ3) is 4.81. The lowest BCUT2D eigenvalue weighted by Gasteiger charge is -2.30. The number of amides is 1. The molecule has 1 heterocycles. The Morgan fingerprint density at radius 2 is 2.00 bits per heavy atom. The van der Waals surface area contributed by atoms with Gasteiger partial charge in [-0.25, -0.2) is 8.78 Å². The van der Waals surface area contributed by atoms with E-state index in [0.717, 1.165) is 42.9 Å². The van der Waals surface area contributed by atoms with Gasteiger partial charge in [0.05, 0.1) is 18.6 Å². The topological polar surface area (TPSA) is 41.6 Å². The van der Waals surface area contributed by atoms with E-state index in [4.69, 9.17) is 4.74 Å². The second-order valence-corrected chi connectivity index (χ2v) is 8.49. The maximum atomic E-state index is 13.1. The lowest BCUT2D eigenvalue weighted by atomic mass is 9.98. The molecule has 1 fully saturated rings. The van der Waals surface area contributed by atoms with Crippen LogP contribution in [0.4, 0.5) is 8.78 Å². The number of benzene rings is 2. The van der Waals surface area contributed by atoms with Gasteiger partial charge in [0, 0.05) is 33.0 Å². The highest BCUT2D eigenvalue weighted by Crippen LogP contribution is 2.48. The normalized spacial score (nSPS) is 20.9. The summed E-state index contributed by atoms with van der Waals surface area (Å²) < 4.78 is 32.0. The minimum atomic E-state index is -2.54. The second-order valence-electron chi connectivity index (χ2n) is 8.49. The van der Waals surface area contributed by atoms with Crippen LogP contribution in [0.1, 0.15) is 48.6 Å². The molecule has 0 bridgehead atoms. The molecule has 1 aliphatic heterocycles. The van der Waals surface area contributed by atoms with Crippen LogP contribution in [0.15, 0.2) is 42.5 Å². The van der Waals surface area contributed by atoms with Gasteiger partial charge in [-0.3, -0.25) is 9.69 Å². The minimum Gasteiger partial charge on any atom is -0.493 e. The van der Waals surface area contributed by atoms with Gasteiger partial charge < -0.3 is 10.1 Å². The number of nitrogens with zero attached hydrogens (tertiary/aromatic N) is 1. The molecule has 1 amide bonds. The Bertz CT molecular complexity index is 914. The van der Waals surface area contributed by atoms with Crippen molar-refractivity contribution in [2.45, 2.75) is 51.7 Å². The number of halogens is 2. The second kappa shape index (κ2) is 8.34. The van der Waals surface area contributed by atoms with Gasteiger partial charge in [-0.1, -0.05) is 36.4 Å². The molecule has 160 valence electrons. The van der Waals surface area contributed by atoms with Crippen LogP contribution in [-0.4, -0.2) is 29.9 Å². The third-order valence-corrected chi connectivity index (χ3v) is 6.00. The van der Waals surface area contributed by atoms with Crippen LogP contribution in [0.25, 0.3) is 0 Å². The monoisotopic (exact) mass is 414 g/mol. The predicted molar refractivity (Wildman–Crippen MR) is 111 cm³/mol. The number of hydrogen-bond donors (Lipinski definition) is 1. The number of nitrogens with one attached hydrogen (secondary N) is 1. The zero-order valence-electron chi connectivity index (χ0n) is 17.5. The average Bonchev–Trinajstić information content (AvgIpc) is 3.32. The maximum Gasteiger partial charge on any atom is 0.255 e. The molecule has 2 aromatic rings. The highest BCUT2D eigenvalue weighted by molar-refractivity contribution is 5.73. The van der Waals surface area contributed by atoms with E-state index in [2.05, 4.69) is 40.5 Å². The summed E-state index contributed by atoms with van der Waals surface area (Å²) in [6.07, 6.45) is 0.794. The van der Waals surface area contributed by atoms with Gasteiger partial charge >= 0.3 is 0 Å². The lowest BCUT2D eigenvalue weighted by Crippen LogP contribution is -2.30. The summed E-state index contributed by atoms with van der Waals surface area (Å²) in [7, 11) is 0. The molecular formula is C24H28F2N2O2. The van der Waals surface area contributed by atoms with Crippen molar-refractivity contribution >= 4 is 5.91 Å². The predicted octanol–water partition coefficient (Wildman–Crippen LogP) is 4.48. The quantitative estimate of drug-likeness (QED) is 0.727. The van der Waals surface area contributed by atoms with Crippen LogP contribution < -0.4 is 10.1 Å². The Morgan fingerprint density at radius 3 is 2.67 bits per heavy atom. The Hall–Kier alpha value is -2.47. The van der Waals surface area contributed by atoms with Gasteiger partial charge in [0.25, 0.3) is 5.92 Å². The number of rotatable bonds is 7. The largest absolute Gasteiger partial charge is 0.493 e. The summed E-state index contributed by atoms with van der Waals surface area (Å²) in [5, 5.41) is 2.90. The fourth-order valence-corrected chi connectivity index (χ4v) is 4.10. The first-order valence-electron chi connectivity index (χ1n) is 10.5. The highest BCUT2D eigenvalue weighted by atomic mass is 19.3. The molecule has 6 heteroatoms. The third-order valence-electron chi connectivity index (χ3n) is 6.00. The zero-order chi connectivity index (χ0) is 21.3. The average molecular weight is 414 g/mol. The number of carbonyl (C=O) groups is 1. The van der Waals surface area contributed by atoms with Crippen molar-refractivity contribution in [1.29, 1.82) is 0 Å². The van der Waals surface area contributed by atoms with Gasteiger partial charge in [0.2, 0.25) is 5.91 Å². The summed E-state index contributed by atoms with van der Waals surface area (Å²) in [5.41, 5.74) is 4.66. The maximum absolute atomic E-state index is 13.1. The van der Waals surface area contributed by atoms with Crippen LogP contribution in [0.5, 0.6) is 5.75 Å². The minimum absolute atomic E-state index is 0.00702. The van der Waals surface area contributed by atoms with Crippen molar-refractivity contribution in [1.82, 2.24) is 10.2 Å². The van der Waals surface area contributed by atoms with Crippen LogP contribution >= 0.6 is 0 Å². The van der Waals surface area contributed by atoms with E-state index in [1.54, 1.807) is 0 Å². The molecule has 4 nitrogen and oxygen atoms in total. The van der Waals surface area contributed by atoms with Crippen LogP contribution in [0.2, 0.25) is 0 Å². The molecule has 1 saturated carbocycles. The molecule has 2 atom stereocenters. The Kier molecular flexibility index (Phi) is 5.78. The number of hydrogen-bond acceptors (Lipinski definition) is 3. The standard InChI is InChI=1S/C24H28F2N2O2/c1-16(27-17(2)29)19-8-6-18(7-9-19)13-28-11-10-22-20(14-28)4-3-5-23(22)30-15-21-12-24(21,25)26/h3-9,16,21H,10-15H2,1-2H3,(H,27,29). The Balaban J connectivity index is 1.35. The molecule has 1 aliphatic carbocycles. The number of ether oxygens (including phenoxy) is 1. The first-order chi connectivity index (χ1) is 14.3. The highest BCUT2D eigenvalue weighted by Gasteiger charge is 2.57.